The first-order chi connectivity index (χ1) is 11.9. The van der Waals surface area contributed by atoms with Gasteiger partial charge in [0.1, 0.15) is 11.4 Å². The third-order valence-electron chi connectivity index (χ3n) is 3.36. The van der Waals surface area contributed by atoms with Crippen LogP contribution >= 0.6 is 0 Å². The van der Waals surface area contributed by atoms with Gasteiger partial charge in [0.15, 0.2) is 0 Å². The first-order valence-corrected chi connectivity index (χ1v) is 7.38. The molecule has 0 amide bonds. The Balaban J connectivity index is 1.86. The zero-order chi connectivity index (χ0) is 18.0. The second-order valence-electron chi connectivity index (χ2n) is 5.14. The maximum atomic E-state index is 12.7. The van der Waals surface area contributed by atoms with Gasteiger partial charge in [-0.2, -0.15) is 13.2 Å². The van der Waals surface area contributed by atoms with E-state index in [4.69, 9.17) is 9.47 Å². The average Bonchev–Trinajstić information content (AvgIpc) is 2.98. The summed E-state index contributed by atoms with van der Waals surface area (Å²) in [6.45, 7) is 1.94. The van der Waals surface area contributed by atoms with E-state index in [-0.39, 0.29) is 23.9 Å². The number of hydrogen-bond acceptors (Lipinski definition) is 4. The van der Waals surface area contributed by atoms with E-state index in [0.717, 1.165) is 12.1 Å². The second kappa shape index (κ2) is 6.46. The molecule has 3 rings (SSSR count). The lowest BCUT2D eigenvalue weighted by atomic mass is 10.2. The van der Waals surface area contributed by atoms with Crippen LogP contribution in [0.3, 0.4) is 0 Å². The van der Waals surface area contributed by atoms with E-state index in [1.54, 1.807) is 13.0 Å². The fourth-order valence-corrected chi connectivity index (χ4v) is 2.24. The standard InChI is InChI=1S/C17H13F3N2O3/c1-2-24-16(23)13-6-10-7-15(21-9-14(10)22-13)25-12-5-3-4-11(8-12)17(18,19)20/h3-9,22H,2H2,1H3. The Hall–Kier alpha value is -3.03. The van der Waals surface area contributed by atoms with Gasteiger partial charge in [0.25, 0.3) is 0 Å². The normalized spacial score (nSPS) is 11.5. The van der Waals surface area contributed by atoms with Crippen LogP contribution in [0.4, 0.5) is 13.2 Å². The Labute approximate surface area is 140 Å². The Morgan fingerprint density at radius 1 is 1.24 bits per heavy atom. The predicted octanol–water partition coefficient (Wildman–Crippen LogP) is 4.55. The van der Waals surface area contributed by atoms with Gasteiger partial charge in [-0.05, 0) is 31.2 Å². The maximum absolute atomic E-state index is 12.7. The number of ether oxygens (including phenoxy) is 2. The molecule has 0 bridgehead atoms. The molecule has 0 spiro atoms. The van der Waals surface area contributed by atoms with Crippen molar-refractivity contribution in [3.8, 4) is 11.6 Å². The lowest BCUT2D eigenvalue weighted by Crippen LogP contribution is -2.04. The number of esters is 1. The van der Waals surface area contributed by atoms with E-state index in [1.807, 2.05) is 0 Å². The summed E-state index contributed by atoms with van der Waals surface area (Å²) in [5, 5.41) is 0.625. The van der Waals surface area contributed by atoms with Gasteiger partial charge in [-0.3, -0.25) is 0 Å². The molecule has 25 heavy (non-hydrogen) atoms. The first kappa shape index (κ1) is 16.8. The van der Waals surface area contributed by atoms with Crippen LogP contribution < -0.4 is 4.74 Å². The van der Waals surface area contributed by atoms with Gasteiger partial charge in [0.05, 0.1) is 23.9 Å². The zero-order valence-corrected chi connectivity index (χ0v) is 13.1. The number of hydrogen-bond donors (Lipinski definition) is 1. The highest BCUT2D eigenvalue weighted by molar-refractivity contribution is 5.94. The van der Waals surface area contributed by atoms with Gasteiger partial charge in [-0.1, -0.05) is 6.07 Å². The van der Waals surface area contributed by atoms with Crippen molar-refractivity contribution in [2.24, 2.45) is 0 Å². The van der Waals surface area contributed by atoms with Crippen LogP contribution in [0.1, 0.15) is 23.0 Å². The van der Waals surface area contributed by atoms with Crippen molar-refractivity contribution in [2.45, 2.75) is 13.1 Å². The number of H-pyrrole nitrogens is 1. The van der Waals surface area contributed by atoms with E-state index >= 15 is 0 Å². The van der Waals surface area contributed by atoms with Gasteiger partial charge in [0, 0.05) is 11.5 Å². The third kappa shape index (κ3) is 3.73. The van der Waals surface area contributed by atoms with Crippen LogP contribution in [-0.2, 0) is 10.9 Å². The minimum absolute atomic E-state index is 0.0165. The summed E-state index contributed by atoms with van der Waals surface area (Å²) in [6.07, 6.45) is -3.02. The summed E-state index contributed by atoms with van der Waals surface area (Å²) in [5.74, 6) is -0.372. The number of pyridine rings is 1. The molecule has 1 N–H and O–H groups in total. The highest BCUT2D eigenvalue weighted by Crippen LogP contribution is 2.32. The quantitative estimate of drug-likeness (QED) is 0.701. The van der Waals surface area contributed by atoms with Crippen LogP contribution in [0.15, 0.2) is 42.6 Å². The van der Waals surface area contributed by atoms with Crippen LogP contribution in [0, 0.1) is 0 Å². The van der Waals surface area contributed by atoms with Crippen molar-refractivity contribution in [1.29, 1.82) is 0 Å². The smallest absolute Gasteiger partial charge is 0.416 e. The van der Waals surface area contributed by atoms with E-state index < -0.39 is 17.7 Å². The molecule has 0 unspecified atom stereocenters. The number of carbonyl (C=O) groups is 1. The molecule has 8 heteroatoms. The van der Waals surface area contributed by atoms with Crippen LogP contribution in [-0.4, -0.2) is 22.5 Å². The molecule has 0 fully saturated rings. The number of benzene rings is 1. The Bertz CT molecular complexity index is 919. The van der Waals surface area contributed by atoms with Crippen molar-refractivity contribution in [3.05, 3.63) is 53.9 Å². The number of carbonyl (C=O) groups excluding carboxylic acids is 1. The number of aromatic nitrogens is 2. The molecule has 1 aromatic carbocycles. The summed E-state index contributed by atoms with van der Waals surface area (Å²) in [4.78, 5) is 18.6. The molecule has 130 valence electrons. The number of alkyl halides is 3. The van der Waals surface area contributed by atoms with Crippen LogP contribution in [0.2, 0.25) is 0 Å². The number of aromatic amines is 1. The van der Waals surface area contributed by atoms with Crippen molar-refractivity contribution < 1.29 is 27.4 Å². The Morgan fingerprint density at radius 3 is 2.76 bits per heavy atom. The summed E-state index contributed by atoms with van der Waals surface area (Å²) in [7, 11) is 0. The third-order valence-corrected chi connectivity index (χ3v) is 3.36. The molecule has 2 aromatic heterocycles. The SMILES string of the molecule is CCOC(=O)c1cc2cc(Oc3cccc(C(F)(F)F)c3)ncc2[nH]1. The van der Waals surface area contributed by atoms with Crippen molar-refractivity contribution in [1.82, 2.24) is 9.97 Å². The molecule has 0 radical (unpaired) electrons. The van der Waals surface area contributed by atoms with E-state index in [2.05, 4.69) is 9.97 Å². The van der Waals surface area contributed by atoms with Gasteiger partial charge in [0.2, 0.25) is 5.88 Å². The van der Waals surface area contributed by atoms with Gasteiger partial charge < -0.3 is 14.5 Å². The maximum Gasteiger partial charge on any atom is 0.416 e. The summed E-state index contributed by atoms with van der Waals surface area (Å²) >= 11 is 0. The molecule has 0 saturated carbocycles. The summed E-state index contributed by atoms with van der Waals surface area (Å²) < 4.78 is 48.5. The van der Waals surface area contributed by atoms with Crippen LogP contribution in [0.25, 0.3) is 10.9 Å². The van der Waals surface area contributed by atoms with Gasteiger partial charge in [-0.15, -0.1) is 0 Å². The highest BCUT2D eigenvalue weighted by Gasteiger charge is 2.30. The molecule has 0 atom stereocenters. The van der Waals surface area contributed by atoms with E-state index in [0.29, 0.717) is 10.9 Å². The number of fused-ring (bicyclic) bond motifs is 1. The highest BCUT2D eigenvalue weighted by atomic mass is 19.4. The second-order valence-corrected chi connectivity index (χ2v) is 5.14. The summed E-state index contributed by atoms with van der Waals surface area (Å²) in [6, 6.07) is 7.60. The summed E-state index contributed by atoms with van der Waals surface area (Å²) in [5.41, 5.74) is 0.0339. The Kier molecular flexibility index (Phi) is 4.35. The average molecular weight is 350 g/mol. The van der Waals surface area contributed by atoms with Gasteiger partial charge >= 0.3 is 12.1 Å². The zero-order valence-electron chi connectivity index (χ0n) is 13.1. The molecule has 0 aliphatic rings. The molecule has 0 aliphatic heterocycles. The van der Waals surface area contributed by atoms with Gasteiger partial charge in [-0.25, -0.2) is 9.78 Å². The fraction of sp³-hybridized carbons (Fsp3) is 0.176. The number of halogens is 3. The van der Waals surface area contributed by atoms with Crippen molar-refractivity contribution in [2.75, 3.05) is 6.61 Å². The Morgan fingerprint density at radius 2 is 2.04 bits per heavy atom. The molecule has 2 heterocycles. The molecule has 0 saturated heterocycles. The number of nitrogens with zero attached hydrogens (tertiary/aromatic N) is 1. The fourth-order valence-electron chi connectivity index (χ4n) is 2.24. The number of rotatable bonds is 4. The van der Waals surface area contributed by atoms with Crippen LogP contribution in [0.5, 0.6) is 11.6 Å². The predicted molar refractivity (Wildman–Crippen MR) is 83.6 cm³/mol. The molecule has 5 nitrogen and oxygen atoms in total. The molecule has 0 aliphatic carbocycles. The van der Waals surface area contributed by atoms with E-state index in [1.165, 1.54) is 24.4 Å². The molecular weight excluding hydrogens is 337 g/mol. The minimum atomic E-state index is -4.45. The number of nitrogens with one attached hydrogen (secondary N) is 1. The van der Waals surface area contributed by atoms with Crippen molar-refractivity contribution in [3.63, 3.8) is 0 Å². The largest absolute Gasteiger partial charge is 0.461 e. The molecular formula is C17H13F3N2O3. The van der Waals surface area contributed by atoms with Crippen molar-refractivity contribution >= 4 is 16.9 Å². The topological polar surface area (TPSA) is 64.2 Å². The lowest BCUT2D eigenvalue weighted by molar-refractivity contribution is -0.137. The first-order valence-electron chi connectivity index (χ1n) is 7.38. The van der Waals surface area contributed by atoms with E-state index in [9.17, 15) is 18.0 Å². The molecule has 3 aromatic rings. The lowest BCUT2D eigenvalue weighted by Gasteiger charge is -2.09. The monoisotopic (exact) mass is 350 g/mol. The minimum Gasteiger partial charge on any atom is -0.461 e.